The summed E-state index contributed by atoms with van der Waals surface area (Å²) in [5.74, 6) is 0. The highest BCUT2D eigenvalue weighted by Crippen LogP contribution is 2.38. The van der Waals surface area contributed by atoms with Crippen molar-refractivity contribution in [3.8, 4) is 0 Å². The maximum atomic E-state index is 12.6. The first-order valence-electron chi connectivity index (χ1n) is 9.30. The van der Waals surface area contributed by atoms with E-state index >= 15 is 0 Å². The lowest BCUT2D eigenvalue weighted by Crippen LogP contribution is -2.64. The molecular weight excluding hydrogens is 326 g/mol. The minimum atomic E-state index is -0.818. The van der Waals surface area contributed by atoms with Gasteiger partial charge in [-0.25, -0.2) is 4.79 Å². The zero-order chi connectivity index (χ0) is 18.1. The lowest BCUT2D eigenvalue weighted by molar-refractivity contribution is -0.193. The molecule has 0 aliphatic carbocycles. The van der Waals surface area contributed by atoms with Crippen molar-refractivity contribution in [2.24, 2.45) is 0 Å². The van der Waals surface area contributed by atoms with Crippen LogP contribution in [0.4, 0.5) is 4.79 Å². The molecule has 3 saturated heterocycles. The highest BCUT2D eigenvalue weighted by molar-refractivity contribution is 5.69. The molecule has 2 atom stereocenters. The van der Waals surface area contributed by atoms with Crippen molar-refractivity contribution in [2.45, 2.75) is 82.5 Å². The van der Waals surface area contributed by atoms with Gasteiger partial charge in [-0.15, -0.1) is 0 Å². The van der Waals surface area contributed by atoms with E-state index in [1.54, 1.807) is 4.90 Å². The van der Waals surface area contributed by atoms with E-state index in [1.807, 2.05) is 20.8 Å². The molecule has 7 heteroatoms. The summed E-state index contributed by atoms with van der Waals surface area (Å²) in [5, 5.41) is 11.1. The van der Waals surface area contributed by atoms with Gasteiger partial charge in [0.15, 0.2) is 6.29 Å². The van der Waals surface area contributed by atoms with E-state index < -0.39 is 11.2 Å². The number of nitrogens with zero attached hydrogens (tertiary/aromatic N) is 1. The molecule has 3 aliphatic rings. The zero-order valence-corrected chi connectivity index (χ0v) is 15.5. The van der Waals surface area contributed by atoms with Gasteiger partial charge in [0.1, 0.15) is 5.60 Å². The Morgan fingerprint density at radius 2 is 1.80 bits per heavy atom. The Morgan fingerprint density at radius 1 is 1.20 bits per heavy atom. The Bertz CT molecular complexity index is 457. The van der Waals surface area contributed by atoms with Crippen molar-refractivity contribution in [3.05, 3.63) is 0 Å². The van der Waals surface area contributed by atoms with Crippen LogP contribution < -0.4 is 0 Å². The van der Waals surface area contributed by atoms with Crippen molar-refractivity contribution < 1.29 is 28.8 Å². The summed E-state index contributed by atoms with van der Waals surface area (Å²) >= 11 is 0. The van der Waals surface area contributed by atoms with E-state index in [0.717, 1.165) is 6.42 Å². The third-order valence-electron chi connectivity index (χ3n) is 4.98. The van der Waals surface area contributed by atoms with Gasteiger partial charge in [0.05, 0.1) is 44.1 Å². The average Bonchev–Trinajstić information content (AvgIpc) is 2.51. The normalized spacial score (nSPS) is 34.0. The van der Waals surface area contributed by atoms with E-state index in [9.17, 15) is 9.90 Å². The predicted molar refractivity (Wildman–Crippen MR) is 90.2 cm³/mol. The predicted octanol–water partition coefficient (Wildman–Crippen LogP) is 2.06. The SMILES string of the molecule is CC(C)(C)OC(=O)N1C2COCC1CC(O)(CCC1OCCCO1)C2. The second-order valence-corrected chi connectivity index (χ2v) is 8.43. The van der Waals surface area contributed by atoms with Gasteiger partial charge >= 0.3 is 6.09 Å². The number of carbonyl (C=O) groups is 1. The number of hydrogen-bond donors (Lipinski definition) is 1. The zero-order valence-electron chi connectivity index (χ0n) is 15.5. The number of piperidine rings is 1. The van der Waals surface area contributed by atoms with Crippen molar-refractivity contribution in [2.75, 3.05) is 26.4 Å². The van der Waals surface area contributed by atoms with Crippen LogP contribution in [-0.4, -0.2) is 72.1 Å². The quantitative estimate of drug-likeness (QED) is 0.833. The smallest absolute Gasteiger partial charge is 0.410 e. The topological polar surface area (TPSA) is 77.5 Å². The number of amides is 1. The first-order valence-corrected chi connectivity index (χ1v) is 9.30. The van der Waals surface area contributed by atoms with Gasteiger partial charge in [-0.1, -0.05) is 0 Å². The molecule has 3 heterocycles. The Morgan fingerprint density at radius 3 is 2.36 bits per heavy atom. The standard InChI is InChI=1S/C18H31NO6/c1-17(2,3)25-16(20)19-13-9-18(21,10-14(19)12-22-11-13)6-5-15-23-7-4-8-24-15/h13-15,21H,4-12H2,1-3H3. The summed E-state index contributed by atoms with van der Waals surface area (Å²) < 4.78 is 22.3. The molecule has 144 valence electrons. The van der Waals surface area contributed by atoms with Crippen molar-refractivity contribution in [3.63, 3.8) is 0 Å². The van der Waals surface area contributed by atoms with Crippen LogP contribution in [0.3, 0.4) is 0 Å². The lowest BCUT2D eigenvalue weighted by atomic mass is 9.78. The monoisotopic (exact) mass is 357 g/mol. The lowest BCUT2D eigenvalue weighted by Gasteiger charge is -2.51. The average molecular weight is 357 g/mol. The molecule has 0 spiro atoms. The maximum Gasteiger partial charge on any atom is 0.410 e. The second-order valence-electron chi connectivity index (χ2n) is 8.43. The van der Waals surface area contributed by atoms with E-state index in [1.165, 1.54) is 0 Å². The molecule has 1 N–H and O–H groups in total. The Hall–Kier alpha value is -0.890. The third-order valence-corrected chi connectivity index (χ3v) is 4.98. The Kier molecular flexibility index (Phi) is 5.58. The number of ether oxygens (including phenoxy) is 4. The van der Waals surface area contributed by atoms with Crippen LogP contribution in [0.5, 0.6) is 0 Å². The number of aliphatic hydroxyl groups is 1. The summed E-state index contributed by atoms with van der Waals surface area (Å²) in [5.41, 5.74) is -1.35. The van der Waals surface area contributed by atoms with Gasteiger partial charge in [0, 0.05) is 6.42 Å². The van der Waals surface area contributed by atoms with Gasteiger partial charge < -0.3 is 24.1 Å². The van der Waals surface area contributed by atoms with E-state index in [4.69, 9.17) is 18.9 Å². The first-order chi connectivity index (χ1) is 11.8. The molecule has 3 aliphatic heterocycles. The minimum Gasteiger partial charge on any atom is -0.444 e. The van der Waals surface area contributed by atoms with Gasteiger partial charge in [-0.2, -0.15) is 0 Å². The van der Waals surface area contributed by atoms with Crippen molar-refractivity contribution >= 4 is 6.09 Å². The summed E-state index contributed by atoms with van der Waals surface area (Å²) in [6, 6.07) is -0.305. The van der Waals surface area contributed by atoms with Crippen LogP contribution in [0.2, 0.25) is 0 Å². The fourth-order valence-corrected chi connectivity index (χ4v) is 3.98. The number of morpholine rings is 1. The van der Waals surface area contributed by atoms with Crippen LogP contribution in [0, 0.1) is 0 Å². The molecule has 0 aromatic heterocycles. The van der Waals surface area contributed by atoms with E-state index in [2.05, 4.69) is 0 Å². The van der Waals surface area contributed by atoms with Crippen LogP contribution in [0.25, 0.3) is 0 Å². The van der Waals surface area contributed by atoms with Gasteiger partial charge in [-0.05, 0) is 46.5 Å². The summed E-state index contributed by atoms with van der Waals surface area (Å²) in [4.78, 5) is 14.3. The number of hydrogen-bond acceptors (Lipinski definition) is 6. The molecule has 25 heavy (non-hydrogen) atoms. The molecule has 0 saturated carbocycles. The van der Waals surface area contributed by atoms with Crippen LogP contribution in [0.15, 0.2) is 0 Å². The summed E-state index contributed by atoms with van der Waals surface area (Å²) in [6.45, 7) is 7.90. The number of fused-ring (bicyclic) bond motifs is 2. The highest BCUT2D eigenvalue weighted by atomic mass is 16.7. The highest BCUT2D eigenvalue weighted by Gasteiger charge is 2.49. The number of carbonyl (C=O) groups excluding carboxylic acids is 1. The molecule has 2 bridgehead atoms. The fourth-order valence-electron chi connectivity index (χ4n) is 3.98. The van der Waals surface area contributed by atoms with E-state index in [0.29, 0.717) is 52.1 Å². The summed E-state index contributed by atoms with van der Waals surface area (Å²) in [7, 11) is 0. The molecule has 3 rings (SSSR count). The second kappa shape index (κ2) is 7.39. The Balaban J connectivity index is 1.60. The summed E-state index contributed by atoms with van der Waals surface area (Å²) in [6.07, 6.45) is 2.65. The maximum absolute atomic E-state index is 12.6. The largest absolute Gasteiger partial charge is 0.444 e. The van der Waals surface area contributed by atoms with Crippen LogP contribution in [0.1, 0.15) is 52.9 Å². The fraction of sp³-hybridized carbons (Fsp3) is 0.944. The van der Waals surface area contributed by atoms with Crippen LogP contribution >= 0.6 is 0 Å². The van der Waals surface area contributed by atoms with E-state index in [-0.39, 0.29) is 24.5 Å². The third kappa shape index (κ3) is 4.84. The first kappa shape index (κ1) is 18.9. The molecule has 3 fully saturated rings. The van der Waals surface area contributed by atoms with Gasteiger partial charge in [-0.3, -0.25) is 4.90 Å². The molecule has 0 aromatic carbocycles. The minimum absolute atomic E-state index is 0.152. The number of rotatable bonds is 3. The Labute approximate surface area is 149 Å². The van der Waals surface area contributed by atoms with Crippen molar-refractivity contribution in [1.29, 1.82) is 0 Å². The van der Waals surface area contributed by atoms with Crippen molar-refractivity contribution in [1.82, 2.24) is 4.90 Å². The van der Waals surface area contributed by atoms with Gasteiger partial charge in [0.25, 0.3) is 0 Å². The molecule has 1 amide bonds. The molecule has 7 nitrogen and oxygen atoms in total. The molecular formula is C18H31NO6. The molecule has 0 radical (unpaired) electrons. The molecule has 0 aromatic rings. The van der Waals surface area contributed by atoms with Gasteiger partial charge in [0.2, 0.25) is 0 Å². The molecule has 2 unspecified atom stereocenters. The van der Waals surface area contributed by atoms with Crippen LogP contribution in [-0.2, 0) is 18.9 Å².